The summed E-state index contributed by atoms with van der Waals surface area (Å²) in [6, 6.07) is 29.5. The van der Waals surface area contributed by atoms with Crippen molar-refractivity contribution in [1.82, 2.24) is 40.6 Å². The van der Waals surface area contributed by atoms with E-state index in [9.17, 15) is 38.4 Å². The number of aldehydes is 2. The summed E-state index contributed by atoms with van der Waals surface area (Å²) in [7, 11) is 0. The van der Waals surface area contributed by atoms with Crippen molar-refractivity contribution >= 4 is 71.7 Å². The number of aromatic nitrogens is 6. The lowest BCUT2D eigenvalue weighted by Crippen LogP contribution is -2.33. The number of esters is 2. The van der Waals surface area contributed by atoms with Crippen molar-refractivity contribution in [3.63, 3.8) is 0 Å². The number of nitrogens with one attached hydrogen (secondary N) is 4. The van der Waals surface area contributed by atoms with E-state index in [0.717, 1.165) is 68.3 Å². The van der Waals surface area contributed by atoms with Crippen molar-refractivity contribution < 1.29 is 85.7 Å². The van der Waals surface area contributed by atoms with E-state index in [0.29, 0.717) is 116 Å². The summed E-state index contributed by atoms with van der Waals surface area (Å²) in [4.78, 5) is 95.1. The molecule has 4 aromatic carbocycles. The Morgan fingerprint density at radius 2 is 0.735 bits per heavy atom. The number of ether oxygens (including phenoxy) is 10. The number of hydrogen-bond donors (Lipinski definition) is 4. The number of carbonyl (C=O) groups excluding carboxylic acids is 8. The Morgan fingerprint density at radius 1 is 0.408 bits per heavy atom. The fraction of sp³-hybridized carbons (Fsp3) is 0.371. The first-order chi connectivity index (χ1) is 48.0. The number of fused-ring (bicyclic) bond motifs is 8. The maximum atomic E-state index is 12.4. The number of benzene rings is 4. The third-order valence-electron chi connectivity index (χ3n) is 14.1. The fourth-order valence-corrected chi connectivity index (χ4v) is 9.41. The molecule has 7 rings (SSSR count). The minimum Gasteiger partial charge on any atom is -0.462 e. The molecular formula is C70H82N10O18. The van der Waals surface area contributed by atoms with E-state index in [1.807, 2.05) is 57.9 Å². The number of carbonyl (C=O) groups is 8. The Hall–Kier alpha value is -10.0. The van der Waals surface area contributed by atoms with Gasteiger partial charge in [0.2, 0.25) is 23.6 Å². The number of allylic oxidation sites excluding steroid dienone is 2. The maximum absolute atomic E-state index is 12.4. The molecular weight excluding hydrogens is 1270 g/mol. The minimum absolute atomic E-state index is 0.0652. The van der Waals surface area contributed by atoms with Gasteiger partial charge in [-0.05, 0) is 73.5 Å². The van der Waals surface area contributed by atoms with Crippen molar-refractivity contribution in [2.24, 2.45) is 0 Å². The van der Waals surface area contributed by atoms with Gasteiger partial charge in [-0.15, -0.1) is 10.2 Å². The number of hydrogen-bond acceptors (Lipinski definition) is 22. The van der Waals surface area contributed by atoms with Crippen LogP contribution in [0.15, 0.2) is 133 Å². The molecule has 2 heterocycles. The monoisotopic (exact) mass is 1350 g/mol. The Balaban J connectivity index is 0.701. The predicted molar refractivity (Wildman–Crippen MR) is 360 cm³/mol. The molecule has 0 saturated heterocycles. The molecule has 98 heavy (non-hydrogen) atoms. The van der Waals surface area contributed by atoms with Crippen LogP contribution < -0.4 is 21.3 Å². The van der Waals surface area contributed by atoms with Gasteiger partial charge < -0.3 is 68.6 Å². The van der Waals surface area contributed by atoms with E-state index < -0.39 is 23.8 Å². The van der Waals surface area contributed by atoms with Crippen molar-refractivity contribution in [2.75, 3.05) is 143 Å². The van der Waals surface area contributed by atoms with Gasteiger partial charge in [0.1, 0.15) is 24.0 Å². The molecule has 1 aliphatic rings. The molecule has 0 radical (unpaired) electrons. The molecule has 0 unspecified atom stereocenters. The van der Waals surface area contributed by atoms with Gasteiger partial charge in [0.25, 0.3) is 0 Å². The highest BCUT2D eigenvalue weighted by Gasteiger charge is 2.30. The first-order valence-corrected chi connectivity index (χ1v) is 32.0. The number of amides is 4. The highest BCUT2D eigenvalue weighted by atomic mass is 16.6. The van der Waals surface area contributed by atoms with E-state index in [1.165, 1.54) is 12.2 Å². The van der Waals surface area contributed by atoms with Gasteiger partial charge >= 0.3 is 11.9 Å². The Labute approximate surface area is 566 Å². The zero-order valence-electron chi connectivity index (χ0n) is 54.9. The van der Waals surface area contributed by atoms with Crippen LogP contribution in [0.1, 0.15) is 37.8 Å². The van der Waals surface area contributed by atoms with Crippen molar-refractivity contribution in [3.05, 3.63) is 144 Å². The SMILES string of the molecule is CCOC(=O)C(/C=C/c1ccc(NC(=O)CNC(=O)CCOCCOCCOCCOCCn2nnc3c2-c2ccccc2-c2nnn(CCOCCOCCOCCOCCC(=O)NCC(=O)Nc4ccc(/C=C/C(=C\C=O)C(=O)OCC)cc4)c2-c2ccccc2-3)cc1)=C/C=O. The molecule has 0 saturated carbocycles. The molecule has 6 aromatic rings. The molecule has 0 fully saturated rings. The van der Waals surface area contributed by atoms with E-state index in [2.05, 4.69) is 31.7 Å². The zero-order chi connectivity index (χ0) is 69.4. The van der Waals surface area contributed by atoms with Crippen LogP contribution in [-0.2, 0) is 98.8 Å². The molecule has 28 heteroatoms. The van der Waals surface area contributed by atoms with Crippen LogP contribution in [0.25, 0.3) is 57.2 Å². The molecule has 2 aromatic heterocycles. The Morgan fingerprint density at radius 3 is 1.07 bits per heavy atom. The second-order valence-electron chi connectivity index (χ2n) is 21.0. The lowest BCUT2D eigenvalue weighted by atomic mass is 9.89. The molecule has 520 valence electrons. The molecule has 4 N–H and O–H groups in total. The smallest absolute Gasteiger partial charge is 0.338 e. The summed E-state index contributed by atoms with van der Waals surface area (Å²) in [5.41, 5.74) is 9.35. The fourth-order valence-electron chi connectivity index (χ4n) is 9.41. The highest BCUT2D eigenvalue weighted by molar-refractivity contribution is 6.00. The molecule has 4 amide bonds. The van der Waals surface area contributed by atoms with Gasteiger partial charge in [-0.1, -0.05) is 95.4 Å². The quantitative estimate of drug-likeness (QED) is 0.0117. The summed E-state index contributed by atoms with van der Waals surface area (Å²) in [5, 5.41) is 29.2. The molecule has 28 nitrogen and oxygen atoms in total. The van der Waals surface area contributed by atoms with Gasteiger partial charge in [-0.3, -0.25) is 28.8 Å². The molecule has 0 spiro atoms. The number of rotatable bonds is 46. The first-order valence-electron chi connectivity index (χ1n) is 32.0. The zero-order valence-corrected chi connectivity index (χ0v) is 54.9. The first kappa shape index (κ1) is 75.3. The average Bonchev–Trinajstić information content (AvgIpc) is 1.48. The standard InChI is InChI=1S/C70H82N10O18/c1-3-97-69(87)53(25-31-81)19-13-51-15-21-55(22-16-51)73-63(85)49-71-61(83)27-33-89-37-41-93-45-47-95-43-39-91-35-29-79-67-59-11-7-5-9-57(59)66-68(60-12-8-6-10-58(60)65(67)75-77-79)80(78-76-66)30-36-92-40-44-96-48-46-94-42-38-90-34-28-62(84)72-50-64(86)74-56-23-17-52(18-24-56)14-20-54(26-32-82)70(88)98-4-2/h5-26,31-32H,3-4,27-30,33-50H2,1-2H3,(H,71,83)(H,72,84)(H,73,85)(H,74,86)/b19-13+,20-14+,53-25+,54-26+,65-58?,66-57?,67-59?,68-60?. The summed E-state index contributed by atoms with van der Waals surface area (Å²) in [5.74, 6) is -2.72. The minimum atomic E-state index is -0.610. The second-order valence-corrected chi connectivity index (χ2v) is 21.0. The predicted octanol–water partition coefficient (Wildman–Crippen LogP) is 5.68. The van der Waals surface area contributed by atoms with E-state index >= 15 is 0 Å². The van der Waals surface area contributed by atoms with E-state index in [4.69, 9.17) is 57.6 Å². The molecule has 0 aliphatic heterocycles. The highest BCUT2D eigenvalue weighted by Crippen LogP contribution is 2.46. The topological polar surface area (TPSA) is 338 Å². The molecule has 0 bridgehead atoms. The van der Waals surface area contributed by atoms with Crippen molar-refractivity contribution in [1.29, 1.82) is 0 Å². The second kappa shape index (κ2) is 43.2. The lowest BCUT2D eigenvalue weighted by molar-refractivity contribution is -0.139. The Kier molecular flexibility index (Phi) is 33.2. The van der Waals surface area contributed by atoms with E-state index in [-0.39, 0.29) is 88.5 Å². The molecule has 0 atom stereocenters. The number of anilines is 2. The summed E-state index contributed by atoms with van der Waals surface area (Å²) in [6.45, 7) is 9.10. The van der Waals surface area contributed by atoms with Crippen molar-refractivity contribution in [3.8, 4) is 45.0 Å². The third kappa shape index (κ3) is 25.5. The van der Waals surface area contributed by atoms with E-state index in [1.54, 1.807) is 74.5 Å². The normalized spacial score (nSPS) is 11.8. The van der Waals surface area contributed by atoms with Crippen LogP contribution in [-0.4, -0.2) is 210 Å². The Bertz CT molecular complexity index is 3440. The van der Waals surface area contributed by atoms with Crippen LogP contribution in [0.4, 0.5) is 11.4 Å². The van der Waals surface area contributed by atoms with Gasteiger partial charge in [-0.2, -0.15) is 0 Å². The lowest BCUT2D eigenvalue weighted by Gasteiger charge is -2.18. The summed E-state index contributed by atoms with van der Waals surface area (Å²) in [6.07, 6.45) is 9.61. The largest absolute Gasteiger partial charge is 0.462 e. The number of nitrogens with zero attached hydrogens (tertiary/aromatic N) is 6. The third-order valence-corrected chi connectivity index (χ3v) is 14.1. The van der Waals surface area contributed by atoms with Gasteiger partial charge in [0.05, 0.1) is 168 Å². The average molecular weight is 1350 g/mol. The van der Waals surface area contributed by atoms with Gasteiger partial charge in [0, 0.05) is 46.5 Å². The van der Waals surface area contributed by atoms with Crippen molar-refractivity contribution in [2.45, 2.75) is 39.8 Å². The van der Waals surface area contributed by atoms with Gasteiger partial charge in [-0.25, -0.2) is 19.0 Å². The summed E-state index contributed by atoms with van der Waals surface area (Å²) < 4.78 is 59.1. The van der Waals surface area contributed by atoms with Crippen LogP contribution >= 0.6 is 0 Å². The van der Waals surface area contributed by atoms with Crippen LogP contribution in [0.3, 0.4) is 0 Å². The van der Waals surface area contributed by atoms with Crippen LogP contribution in [0, 0.1) is 0 Å². The van der Waals surface area contributed by atoms with Crippen LogP contribution in [0.2, 0.25) is 0 Å². The molecule has 1 aliphatic carbocycles. The van der Waals surface area contributed by atoms with Crippen LogP contribution in [0.5, 0.6) is 0 Å². The van der Waals surface area contributed by atoms with Gasteiger partial charge in [0.15, 0.2) is 0 Å². The summed E-state index contributed by atoms with van der Waals surface area (Å²) >= 11 is 0. The maximum Gasteiger partial charge on any atom is 0.338 e.